The van der Waals surface area contributed by atoms with Gasteiger partial charge in [-0.25, -0.2) is 0 Å². The van der Waals surface area contributed by atoms with E-state index in [0.717, 1.165) is 11.3 Å². The first-order valence-corrected chi connectivity index (χ1v) is 8.71. The molecule has 2 nitrogen and oxygen atoms in total. The maximum absolute atomic E-state index is 13.0. The van der Waals surface area contributed by atoms with E-state index in [1.807, 2.05) is 36.4 Å². The molecule has 0 amide bonds. The van der Waals surface area contributed by atoms with Crippen LogP contribution in [0, 0.1) is 6.92 Å². The second-order valence-corrected chi connectivity index (χ2v) is 6.65. The van der Waals surface area contributed by atoms with Crippen molar-refractivity contribution >= 4 is 11.5 Å². The van der Waals surface area contributed by atoms with Gasteiger partial charge < -0.3 is 4.90 Å². The van der Waals surface area contributed by atoms with Crippen LogP contribution in [0.25, 0.3) is 0 Å². The van der Waals surface area contributed by atoms with E-state index in [4.69, 9.17) is 0 Å². The summed E-state index contributed by atoms with van der Waals surface area (Å²) in [6.45, 7) is 2.07. The molecule has 1 saturated heterocycles. The quantitative estimate of drug-likeness (QED) is 0.654. The first kappa shape index (κ1) is 15.6. The SMILES string of the molecule is Cc1ccc([C@H]2C(=O)C[C@H](c3ccccc3)N2c2ccccc2)cc1. The predicted molar refractivity (Wildman–Crippen MR) is 102 cm³/mol. The molecule has 0 aromatic heterocycles. The van der Waals surface area contributed by atoms with Crippen LogP contribution >= 0.6 is 0 Å². The van der Waals surface area contributed by atoms with Crippen molar-refractivity contribution in [3.05, 3.63) is 102 Å². The maximum atomic E-state index is 13.0. The monoisotopic (exact) mass is 327 g/mol. The fraction of sp³-hybridized carbons (Fsp3) is 0.174. The number of benzene rings is 3. The Kier molecular flexibility index (Phi) is 4.10. The number of rotatable bonds is 3. The second-order valence-electron chi connectivity index (χ2n) is 6.65. The van der Waals surface area contributed by atoms with E-state index in [9.17, 15) is 4.79 Å². The third kappa shape index (κ3) is 2.96. The van der Waals surface area contributed by atoms with Gasteiger partial charge in [-0.3, -0.25) is 4.79 Å². The van der Waals surface area contributed by atoms with E-state index in [0.29, 0.717) is 6.42 Å². The molecular formula is C23H21NO. The molecule has 1 aliphatic heterocycles. The Morgan fingerprint density at radius 1 is 0.760 bits per heavy atom. The molecule has 0 saturated carbocycles. The zero-order valence-corrected chi connectivity index (χ0v) is 14.3. The summed E-state index contributed by atoms with van der Waals surface area (Å²) in [5.74, 6) is 0.279. The minimum Gasteiger partial charge on any atom is -0.350 e. The number of nitrogens with zero attached hydrogens (tertiary/aromatic N) is 1. The van der Waals surface area contributed by atoms with Gasteiger partial charge in [-0.2, -0.15) is 0 Å². The molecule has 0 spiro atoms. The van der Waals surface area contributed by atoms with Crippen LogP contribution in [-0.4, -0.2) is 5.78 Å². The highest BCUT2D eigenvalue weighted by Crippen LogP contribution is 2.44. The minimum absolute atomic E-state index is 0.0717. The number of anilines is 1. The van der Waals surface area contributed by atoms with Gasteiger partial charge in [-0.15, -0.1) is 0 Å². The molecule has 25 heavy (non-hydrogen) atoms. The fourth-order valence-electron chi connectivity index (χ4n) is 3.71. The molecule has 0 N–H and O–H groups in total. The van der Waals surface area contributed by atoms with Crippen molar-refractivity contribution in [2.75, 3.05) is 4.90 Å². The van der Waals surface area contributed by atoms with Crippen molar-refractivity contribution in [1.29, 1.82) is 0 Å². The molecule has 2 atom stereocenters. The fourth-order valence-corrected chi connectivity index (χ4v) is 3.71. The number of para-hydroxylation sites is 1. The van der Waals surface area contributed by atoms with Crippen molar-refractivity contribution in [2.45, 2.75) is 25.4 Å². The highest BCUT2D eigenvalue weighted by Gasteiger charge is 2.41. The molecule has 1 heterocycles. The summed E-state index contributed by atoms with van der Waals surface area (Å²) in [5, 5.41) is 0. The Balaban J connectivity index is 1.82. The summed E-state index contributed by atoms with van der Waals surface area (Å²) in [5.41, 5.74) is 4.56. The van der Waals surface area contributed by atoms with Gasteiger partial charge >= 0.3 is 0 Å². The average Bonchev–Trinajstić information content (AvgIpc) is 3.01. The molecule has 3 aromatic rings. The predicted octanol–water partition coefficient (Wildman–Crippen LogP) is 5.26. The summed E-state index contributed by atoms with van der Waals surface area (Å²) in [6.07, 6.45) is 0.539. The zero-order chi connectivity index (χ0) is 17.2. The van der Waals surface area contributed by atoms with Crippen LogP contribution in [0.4, 0.5) is 5.69 Å². The summed E-state index contributed by atoms with van der Waals surface area (Å²) >= 11 is 0. The van der Waals surface area contributed by atoms with Crippen molar-refractivity contribution < 1.29 is 4.79 Å². The molecule has 0 aliphatic carbocycles. The number of carbonyl (C=O) groups is 1. The van der Waals surface area contributed by atoms with E-state index >= 15 is 0 Å². The molecule has 1 fully saturated rings. The van der Waals surface area contributed by atoms with Gasteiger partial charge in [-0.05, 0) is 30.2 Å². The first-order chi connectivity index (χ1) is 12.2. The van der Waals surface area contributed by atoms with Crippen LogP contribution in [0.5, 0.6) is 0 Å². The van der Waals surface area contributed by atoms with Crippen LogP contribution in [0.3, 0.4) is 0 Å². The summed E-state index contributed by atoms with van der Waals surface area (Å²) in [6, 6.07) is 28.8. The summed E-state index contributed by atoms with van der Waals surface area (Å²) in [4.78, 5) is 15.3. The molecule has 1 aliphatic rings. The lowest BCUT2D eigenvalue weighted by Gasteiger charge is -2.32. The van der Waals surface area contributed by atoms with E-state index in [-0.39, 0.29) is 17.9 Å². The second kappa shape index (κ2) is 6.56. The van der Waals surface area contributed by atoms with Gasteiger partial charge in [0.25, 0.3) is 0 Å². The topological polar surface area (TPSA) is 20.3 Å². The summed E-state index contributed by atoms with van der Waals surface area (Å²) in [7, 11) is 0. The largest absolute Gasteiger partial charge is 0.350 e. The lowest BCUT2D eigenvalue weighted by molar-refractivity contribution is -0.118. The highest BCUT2D eigenvalue weighted by atomic mass is 16.1. The first-order valence-electron chi connectivity index (χ1n) is 8.71. The Morgan fingerprint density at radius 3 is 2.00 bits per heavy atom. The van der Waals surface area contributed by atoms with Crippen LogP contribution in [0.2, 0.25) is 0 Å². The van der Waals surface area contributed by atoms with Gasteiger partial charge in [-0.1, -0.05) is 78.4 Å². The third-order valence-corrected chi connectivity index (χ3v) is 4.95. The van der Waals surface area contributed by atoms with Gasteiger partial charge in [0.2, 0.25) is 0 Å². The molecule has 0 unspecified atom stereocenters. The van der Waals surface area contributed by atoms with E-state index < -0.39 is 0 Å². The number of aryl methyl sites for hydroxylation is 1. The Labute approximate surface area is 148 Å². The Hall–Kier alpha value is -2.87. The van der Waals surface area contributed by atoms with Crippen LogP contribution in [-0.2, 0) is 4.79 Å². The molecule has 0 radical (unpaired) electrons. The van der Waals surface area contributed by atoms with Gasteiger partial charge in [0.05, 0.1) is 6.04 Å². The molecule has 124 valence electrons. The molecule has 0 bridgehead atoms. The van der Waals surface area contributed by atoms with Gasteiger partial charge in [0.15, 0.2) is 5.78 Å². The van der Waals surface area contributed by atoms with E-state index in [1.54, 1.807) is 0 Å². The van der Waals surface area contributed by atoms with Crippen LogP contribution in [0.1, 0.15) is 35.2 Å². The number of carbonyl (C=O) groups excluding carboxylic acids is 1. The van der Waals surface area contributed by atoms with Crippen molar-refractivity contribution in [2.24, 2.45) is 0 Å². The molecule has 2 heteroatoms. The summed E-state index contributed by atoms with van der Waals surface area (Å²) < 4.78 is 0. The Morgan fingerprint density at radius 2 is 1.36 bits per heavy atom. The Bertz CT molecular complexity index is 856. The number of Topliss-reactive ketones (excluding diaryl/α,β-unsaturated/α-hetero) is 1. The normalized spacial score (nSPS) is 20.0. The van der Waals surface area contributed by atoms with Crippen molar-refractivity contribution in [1.82, 2.24) is 0 Å². The molecule has 3 aromatic carbocycles. The zero-order valence-electron chi connectivity index (χ0n) is 14.3. The van der Waals surface area contributed by atoms with Gasteiger partial charge in [0.1, 0.15) is 6.04 Å². The van der Waals surface area contributed by atoms with Crippen molar-refractivity contribution in [3.8, 4) is 0 Å². The lowest BCUT2D eigenvalue weighted by atomic mass is 10.0. The standard InChI is InChI=1S/C23H21NO/c1-17-12-14-19(15-13-17)23-22(25)16-21(18-8-4-2-5-9-18)24(23)20-10-6-3-7-11-20/h2-15,21,23H,16H2,1H3/t21-,23+/m1/s1. The van der Waals surface area contributed by atoms with Crippen LogP contribution < -0.4 is 4.90 Å². The average molecular weight is 327 g/mol. The van der Waals surface area contributed by atoms with E-state index in [2.05, 4.69) is 60.4 Å². The number of hydrogen-bond donors (Lipinski definition) is 0. The van der Waals surface area contributed by atoms with E-state index in [1.165, 1.54) is 11.1 Å². The van der Waals surface area contributed by atoms with Crippen LogP contribution in [0.15, 0.2) is 84.9 Å². The number of ketones is 1. The lowest BCUT2D eigenvalue weighted by Crippen LogP contribution is -2.27. The smallest absolute Gasteiger partial charge is 0.162 e. The van der Waals surface area contributed by atoms with Crippen molar-refractivity contribution in [3.63, 3.8) is 0 Å². The molecule has 4 rings (SSSR count). The number of hydrogen-bond acceptors (Lipinski definition) is 2. The highest BCUT2D eigenvalue weighted by molar-refractivity contribution is 5.93. The van der Waals surface area contributed by atoms with Gasteiger partial charge in [0, 0.05) is 12.1 Å². The third-order valence-electron chi connectivity index (χ3n) is 4.95. The maximum Gasteiger partial charge on any atom is 0.162 e. The minimum atomic E-state index is -0.229. The molecular weight excluding hydrogens is 306 g/mol.